The van der Waals surface area contributed by atoms with Crippen LogP contribution in [0.15, 0.2) is 18.2 Å². The van der Waals surface area contributed by atoms with Gasteiger partial charge in [0.2, 0.25) is 11.8 Å². The van der Waals surface area contributed by atoms with Crippen LogP contribution in [0.25, 0.3) is 0 Å². The van der Waals surface area contributed by atoms with E-state index in [0.29, 0.717) is 12.8 Å². The summed E-state index contributed by atoms with van der Waals surface area (Å²) in [4.78, 5) is 23.1. The number of fused-ring (bicyclic) bond motifs is 1. The Bertz CT molecular complexity index is 511. The van der Waals surface area contributed by atoms with Gasteiger partial charge in [0.25, 0.3) is 0 Å². The van der Waals surface area contributed by atoms with Crippen molar-refractivity contribution in [1.82, 2.24) is 10.6 Å². The van der Waals surface area contributed by atoms with Crippen LogP contribution in [0, 0.1) is 0 Å². The summed E-state index contributed by atoms with van der Waals surface area (Å²) < 4.78 is 0. The smallest absolute Gasteiger partial charge is 0.234 e. The van der Waals surface area contributed by atoms with E-state index < -0.39 is 0 Å². The van der Waals surface area contributed by atoms with Crippen molar-refractivity contribution in [2.45, 2.75) is 31.7 Å². The van der Waals surface area contributed by atoms with Crippen molar-refractivity contribution in [3.05, 3.63) is 34.9 Å². The lowest BCUT2D eigenvalue weighted by Crippen LogP contribution is -2.40. The second kappa shape index (κ2) is 4.53. The molecule has 0 spiro atoms. The molecule has 1 unspecified atom stereocenters. The van der Waals surface area contributed by atoms with E-state index in [2.05, 4.69) is 16.7 Å². The molecule has 3 rings (SSSR count). The van der Waals surface area contributed by atoms with Gasteiger partial charge in [-0.3, -0.25) is 14.9 Å². The van der Waals surface area contributed by atoms with Crippen LogP contribution in [0.1, 0.15) is 35.4 Å². The molecule has 0 bridgehead atoms. The Morgan fingerprint density at radius 1 is 1.17 bits per heavy atom. The molecule has 0 aromatic heterocycles. The minimum Gasteiger partial charge on any atom is -0.312 e. The van der Waals surface area contributed by atoms with Gasteiger partial charge in [0.1, 0.15) is 0 Å². The van der Waals surface area contributed by atoms with Crippen LogP contribution < -0.4 is 10.6 Å². The van der Waals surface area contributed by atoms with Crippen LogP contribution in [-0.4, -0.2) is 18.4 Å². The largest absolute Gasteiger partial charge is 0.312 e. The Kier molecular flexibility index (Phi) is 2.88. The van der Waals surface area contributed by atoms with Crippen LogP contribution in [0.2, 0.25) is 0 Å². The molecule has 4 nitrogen and oxygen atoms in total. The Labute approximate surface area is 106 Å². The second-order valence-corrected chi connectivity index (χ2v) is 4.92. The standard InChI is InChI=1S/C14H16N2O2/c17-13-5-4-12(14(18)16-13)11-3-1-2-9-8-15-7-6-10(9)11/h1-3,12,15H,4-8H2,(H,16,17,18). The SMILES string of the molecule is O=C1CCC(c2cccc3c2CCNC3)C(=O)N1. The first-order chi connectivity index (χ1) is 8.75. The van der Waals surface area contributed by atoms with Crippen LogP contribution in [-0.2, 0) is 22.6 Å². The third-order valence-electron chi connectivity index (χ3n) is 3.79. The lowest BCUT2D eigenvalue weighted by Gasteiger charge is -2.27. The van der Waals surface area contributed by atoms with Crippen molar-refractivity contribution >= 4 is 11.8 Å². The van der Waals surface area contributed by atoms with Crippen molar-refractivity contribution in [3.63, 3.8) is 0 Å². The monoisotopic (exact) mass is 244 g/mol. The zero-order valence-electron chi connectivity index (χ0n) is 10.2. The number of hydrogen-bond donors (Lipinski definition) is 2. The molecule has 1 fully saturated rings. The van der Waals surface area contributed by atoms with E-state index in [1.165, 1.54) is 11.1 Å². The molecule has 1 aromatic carbocycles. The van der Waals surface area contributed by atoms with Gasteiger partial charge in [0.05, 0.1) is 5.92 Å². The highest BCUT2D eigenvalue weighted by molar-refractivity contribution is 6.01. The van der Waals surface area contributed by atoms with Gasteiger partial charge < -0.3 is 5.32 Å². The molecular formula is C14H16N2O2. The number of piperidine rings is 1. The molecular weight excluding hydrogens is 228 g/mol. The second-order valence-electron chi connectivity index (χ2n) is 4.92. The maximum Gasteiger partial charge on any atom is 0.234 e. The molecule has 2 aliphatic heterocycles. The number of amides is 2. The molecule has 0 aliphatic carbocycles. The third kappa shape index (κ3) is 1.93. The maximum absolute atomic E-state index is 11.9. The number of carbonyl (C=O) groups excluding carboxylic acids is 2. The summed E-state index contributed by atoms with van der Waals surface area (Å²) in [7, 11) is 0. The van der Waals surface area contributed by atoms with E-state index in [4.69, 9.17) is 0 Å². The van der Waals surface area contributed by atoms with Gasteiger partial charge in [-0.15, -0.1) is 0 Å². The van der Waals surface area contributed by atoms with Crippen molar-refractivity contribution in [3.8, 4) is 0 Å². The number of carbonyl (C=O) groups is 2. The fourth-order valence-corrected chi connectivity index (χ4v) is 2.88. The molecule has 94 valence electrons. The van der Waals surface area contributed by atoms with E-state index >= 15 is 0 Å². The van der Waals surface area contributed by atoms with Gasteiger partial charge in [-0.25, -0.2) is 0 Å². The van der Waals surface area contributed by atoms with Crippen molar-refractivity contribution in [2.24, 2.45) is 0 Å². The summed E-state index contributed by atoms with van der Waals surface area (Å²) in [6.07, 6.45) is 2.04. The van der Waals surface area contributed by atoms with Crippen molar-refractivity contribution in [1.29, 1.82) is 0 Å². The summed E-state index contributed by atoms with van der Waals surface area (Å²) in [5.41, 5.74) is 3.69. The van der Waals surface area contributed by atoms with E-state index in [1.807, 2.05) is 12.1 Å². The highest BCUT2D eigenvalue weighted by Crippen LogP contribution is 2.30. The topological polar surface area (TPSA) is 58.2 Å². The van der Waals surface area contributed by atoms with Crippen LogP contribution in [0.5, 0.6) is 0 Å². The van der Waals surface area contributed by atoms with E-state index in [-0.39, 0.29) is 17.7 Å². The molecule has 0 saturated carbocycles. The molecule has 0 radical (unpaired) electrons. The predicted molar refractivity (Wildman–Crippen MR) is 67.0 cm³/mol. The predicted octanol–water partition coefficient (Wildman–Crippen LogP) is 0.852. The first kappa shape index (κ1) is 11.4. The number of rotatable bonds is 1. The van der Waals surface area contributed by atoms with Gasteiger partial charge in [0.15, 0.2) is 0 Å². The third-order valence-corrected chi connectivity index (χ3v) is 3.79. The van der Waals surface area contributed by atoms with Gasteiger partial charge in [-0.1, -0.05) is 18.2 Å². The number of hydrogen-bond acceptors (Lipinski definition) is 3. The number of nitrogens with one attached hydrogen (secondary N) is 2. The fraction of sp³-hybridized carbons (Fsp3) is 0.429. The minimum absolute atomic E-state index is 0.141. The summed E-state index contributed by atoms with van der Waals surface area (Å²) in [5.74, 6) is -0.448. The van der Waals surface area contributed by atoms with E-state index in [0.717, 1.165) is 25.1 Å². The average molecular weight is 244 g/mol. The van der Waals surface area contributed by atoms with Crippen LogP contribution in [0.3, 0.4) is 0 Å². The van der Waals surface area contributed by atoms with Gasteiger partial charge >= 0.3 is 0 Å². The highest BCUT2D eigenvalue weighted by Gasteiger charge is 2.30. The summed E-state index contributed by atoms with van der Waals surface area (Å²) >= 11 is 0. The Morgan fingerprint density at radius 2 is 2.06 bits per heavy atom. The molecule has 4 heteroatoms. The molecule has 2 amide bonds. The number of benzene rings is 1. The summed E-state index contributed by atoms with van der Waals surface area (Å²) in [6.45, 7) is 1.83. The normalized spacial score (nSPS) is 23.4. The van der Waals surface area contributed by atoms with Crippen molar-refractivity contribution in [2.75, 3.05) is 6.54 Å². The highest BCUT2D eigenvalue weighted by atomic mass is 16.2. The van der Waals surface area contributed by atoms with Gasteiger partial charge in [-0.05, 0) is 36.1 Å². The summed E-state index contributed by atoms with van der Waals surface area (Å²) in [5, 5.41) is 5.78. The fourth-order valence-electron chi connectivity index (χ4n) is 2.88. The Hall–Kier alpha value is -1.68. The first-order valence-corrected chi connectivity index (χ1v) is 6.41. The molecule has 2 heterocycles. The maximum atomic E-state index is 11.9. The van der Waals surface area contributed by atoms with Crippen LogP contribution >= 0.6 is 0 Å². The lowest BCUT2D eigenvalue weighted by atomic mass is 9.84. The average Bonchev–Trinajstić information content (AvgIpc) is 2.38. The zero-order chi connectivity index (χ0) is 12.5. The minimum atomic E-state index is -0.157. The summed E-state index contributed by atoms with van der Waals surface area (Å²) in [6, 6.07) is 6.14. The van der Waals surface area contributed by atoms with Crippen LogP contribution in [0.4, 0.5) is 0 Å². The molecule has 18 heavy (non-hydrogen) atoms. The van der Waals surface area contributed by atoms with E-state index in [9.17, 15) is 9.59 Å². The molecule has 2 N–H and O–H groups in total. The molecule has 1 aromatic rings. The van der Waals surface area contributed by atoms with Gasteiger partial charge in [0, 0.05) is 13.0 Å². The quantitative estimate of drug-likeness (QED) is 0.720. The molecule has 1 saturated heterocycles. The molecule has 1 atom stereocenters. The Balaban J connectivity index is 1.97. The van der Waals surface area contributed by atoms with Gasteiger partial charge in [-0.2, -0.15) is 0 Å². The Morgan fingerprint density at radius 3 is 2.89 bits per heavy atom. The first-order valence-electron chi connectivity index (χ1n) is 6.41. The molecule has 2 aliphatic rings. The zero-order valence-corrected chi connectivity index (χ0v) is 10.2. The van der Waals surface area contributed by atoms with E-state index in [1.54, 1.807) is 0 Å². The number of imide groups is 1. The van der Waals surface area contributed by atoms with Crippen molar-refractivity contribution < 1.29 is 9.59 Å². The lowest BCUT2D eigenvalue weighted by molar-refractivity contribution is -0.134.